The van der Waals surface area contributed by atoms with Crippen LogP contribution in [-0.4, -0.2) is 0 Å². The highest BCUT2D eigenvalue weighted by molar-refractivity contribution is 5.08. The number of hydrogen-bond donors (Lipinski definition) is 0. The Morgan fingerprint density at radius 2 is 2.00 bits per heavy atom. The van der Waals surface area contributed by atoms with Crippen molar-refractivity contribution in [3.63, 3.8) is 0 Å². The lowest BCUT2D eigenvalue weighted by Gasteiger charge is -2.04. The molecular formula is C12H20. The summed E-state index contributed by atoms with van der Waals surface area (Å²) >= 11 is 0. The Labute approximate surface area is 76.1 Å². The maximum atomic E-state index is 4.16. The topological polar surface area (TPSA) is 0 Å². The molecule has 0 aliphatic heterocycles. The van der Waals surface area contributed by atoms with Crippen molar-refractivity contribution in [1.29, 1.82) is 0 Å². The van der Waals surface area contributed by atoms with E-state index in [2.05, 4.69) is 20.4 Å². The van der Waals surface area contributed by atoms with Gasteiger partial charge in [0.15, 0.2) is 0 Å². The Hall–Kier alpha value is -0.260. The Kier molecular flexibility index (Phi) is 1.82. The molecule has 0 aromatic rings. The van der Waals surface area contributed by atoms with E-state index >= 15 is 0 Å². The Bertz CT molecular complexity index is 196. The van der Waals surface area contributed by atoms with E-state index in [9.17, 15) is 0 Å². The molecule has 2 aliphatic rings. The summed E-state index contributed by atoms with van der Waals surface area (Å²) in [6, 6.07) is 0. The molecule has 0 aromatic heterocycles. The molecule has 0 bridgehead atoms. The zero-order chi connectivity index (χ0) is 8.77. The van der Waals surface area contributed by atoms with Crippen LogP contribution < -0.4 is 0 Å². The number of allylic oxidation sites excluding steroid dienone is 1. The average molecular weight is 164 g/mol. The van der Waals surface area contributed by atoms with Gasteiger partial charge in [-0.25, -0.2) is 0 Å². The summed E-state index contributed by atoms with van der Waals surface area (Å²) in [6.45, 7) is 8.94. The van der Waals surface area contributed by atoms with Gasteiger partial charge in [0.25, 0.3) is 0 Å². The SMILES string of the molecule is C=C(CCC1CC1(C)C)C1CC1. The highest BCUT2D eigenvalue weighted by Gasteiger charge is 2.44. The molecule has 2 aliphatic carbocycles. The van der Waals surface area contributed by atoms with Gasteiger partial charge in [-0.3, -0.25) is 0 Å². The minimum Gasteiger partial charge on any atom is -0.0996 e. The van der Waals surface area contributed by atoms with Gasteiger partial charge in [-0.15, -0.1) is 0 Å². The smallest absolute Gasteiger partial charge is 0.0205 e. The van der Waals surface area contributed by atoms with Crippen LogP contribution in [0.5, 0.6) is 0 Å². The van der Waals surface area contributed by atoms with Crippen LogP contribution in [0.15, 0.2) is 12.2 Å². The van der Waals surface area contributed by atoms with E-state index < -0.39 is 0 Å². The molecule has 68 valence electrons. The van der Waals surface area contributed by atoms with Crippen molar-refractivity contribution in [2.75, 3.05) is 0 Å². The molecule has 12 heavy (non-hydrogen) atoms. The van der Waals surface area contributed by atoms with Crippen LogP contribution in [0.25, 0.3) is 0 Å². The summed E-state index contributed by atoms with van der Waals surface area (Å²) < 4.78 is 0. The van der Waals surface area contributed by atoms with Gasteiger partial charge in [-0.05, 0) is 49.4 Å². The van der Waals surface area contributed by atoms with Crippen LogP contribution in [0.3, 0.4) is 0 Å². The third kappa shape index (κ3) is 1.73. The van der Waals surface area contributed by atoms with E-state index in [1.54, 1.807) is 0 Å². The minimum absolute atomic E-state index is 0.670. The van der Waals surface area contributed by atoms with E-state index in [-0.39, 0.29) is 0 Å². The standard InChI is InChI=1S/C12H20/c1-9(10-5-6-10)4-7-11-8-12(11,2)3/h10-11H,1,4-8H2,2-3H3. The van der Waals surface area contributed by atoms with Gasteiger partial charge in [0, 0.05) is 0 Å². The molecule has 0 spiro atoms. The second-order valence-corrected chi connectivity index (χ2v) is 5.36. The van der Waals surface area contributed by atoms with Gasteiger partial charge in [-0.1, -0.05) is 26.0 Å². The highest BCUT2D eigenvalue weighted by Crippen LogP contribution is 2.55. The predicted molar refractivity (Wildman–Crippen MR) is 53.0 cm³/mol. The van der Waals surface area contributed by atoms with Crippen LogP contribution in [0.1, 0.15) is 46.0 Å². The van der Waals surface area contributed by atoms with Crippen LogP contribution in [0.4, 0.5) is 0 Å². The van der Waals surface area contributed by atoms with E-state index in [0.717, 1.165) is 11.8 Å². The predicted octanol–water partition coefficient (Wildman–Crippen LogP) is 3.78. The van der Waals surface area contributed by atoms with Crippen molar-refractivity contribution in [2.24, 2.45) is 17.3 Å². The molecule has 0 radical (unpaired) electrons. The first-order chi connectivity index (χ1) is 5.59. The molecule has 0 heterocycles. The van der Waals surface area contributed by atoms with Gasteiger partial charge in [0.2, 0.25) is 0 Å². The van der Waals surface area contributed by atoms with Gasteiger partial charge < -0.3 is 0 Å². The third-order valence-electron chi connectivity index (χ3n) is 3.69. The molecule has 1 unspecified atom stereocenters. The number of hydrogen-bond acceptors (Lipinski definition) is 0. The fourth-order valence-electron chi connectivity index (χ4n) is 2.12. The Morgan fingerprint density at radius 3 is 2.42 bits per heavy atom. The van der Waals surface area contributed by atoms with Gasteiger partial charge in [-0.2, -0.15) is 0 Å². The van der Waals surface area contributed by atoms with E-state index in [4.69, 9.17) is 0 Å². The van der Waals surface area contributed by atoms with E-state index in [1.807, 2.05) is 0 Å². The first-order valence-electron chi connectivity index (χ1n) is 5.27. The van der Waals surface area contributed by atoms with E-state index in [1.165, 1.54) is 37.7 Å². The van der Waals surface area contributed by atoms with Crippen molar-refractivity contribution in [3.05, 3.63) is 12.2 Å². The average Bonchev–Trinajstić information content (AvgIpc) is 2.81. The molecule has 2 saturated carbocycles. The number of rotatable bonds is 4. The summed E-state index contributed by atoms with van der Waals surface area (Å²) in [5.41, 5.74) is 2.21. The summed E-state index contributed by atoms with van der Waals surface area (Å²) in [7, 11) is 0. The fraction of sp³-hybridized carbons (Fsp3) is 0.833. The quantitative estimate of drug-likeness (QED) is 0.555. The lowest BCUT2D eigenvalue weighted by atomic mass is 10.0. The van der Waals surface area contributed by atoms with Crippen molar-refractivity contribution in [3.8, 4) is 0 Å². The maximum Gasteiger partial charge on any atom is -0.0205 e. The van der Waals surface area contributed by atoms with Gasteiger partial charge in [0.05, 0.1) is 0 Å². The van der Waals surface area contributed by atoms with Crippen LogP contribution >= 0.6 is 0 Å². The normalized spacial score (nSPS) is 31.7. The molecule has 0 aromatic carbocycles. The molecule has 0 N–H and O–H groups in total. The van der Waals surface area contributed by atoms with E-state index in [0.29, 0.717) is 5.41 Å². The molecule has 1 atom stereocenters. The summed E-state index contributed by atoms with van der Waals surface area (Å²) in [6.07, 6.45) is 7.01. The van der Waals surface area contributed by atoms with Crippen molar-refractivity contribution >= 4 is 0 Å². The Morgan fingerprint density at radius 1 is 1.42 bits per heavy atom. The lowest BCUT2D eigenvalue weighted by Crippen LogP contribution is -1.92. The summed E-state index contributed by atoms with van der Waals surface area (Å²) in [5.74, 6) is 1.93. The third-order valence-corrected chi connectivity index (χ3v) is 3.69. The molecule has 2 fully saturated rings. The minimum atomic E-state index is 0.670. The molecule has 0 heteroatoms. The van der Waals surface area contributed by atoms with Crippen LogP contribution in [-0.2, 0) is 0 Å². The fourth-order valence-corrected chi connectivity index (χ4v) is 2.12. The summed E-state index contributed by atoms with van der Waals surface area (Å²) in [4.78, 5) is 0. The Balaban J connectivity index is 1.66. The van der Waals surface area contributed by atoms with Crippen molar-refractivity contribution in [1.82, 2.24) is 0 Å². The largest absolute Gasteiger partial charge is 0.0996 e. The van der Waals surface area contributed by atoms with Crippen LogP contribution in [0.2, 0.25) is 0 Å². The second-order valence-electron chi connectivity index (χ2n) is 5.36. The van der Waals surface area contributed by atoms with Gasteiger partial charge in [0.1, 0.15) is 0 Å². The monoisotopic (exact) mass is 164 g/mol. The molecule has 0 amide bonds. The zero-order valence-corrected chi connectivity index (χ0v) is 8.40. The van der Waals surface area contributed by atoms with Crippen molar-refractivity contribution in [2.45, 2.75) is 46.0 Å². The van der Waals surface area contributed by atoms with Crippen LogP contribution in [0, 0.1) is 17.3 Å². The zero-order valence-electron chi connectivity index (χ0n) is 8.40. The summed E-state index contributed by atoms with van der Waals surface area (Å²) in [5, 5.41) is 0. The maximum absolute atomic E-state index is 4.16. The van der Waals surface area contributed by atoms with Crippen molar-refractivity contribution < 1.29 is 0 Å². The van der Waals surface area contributed by atoms with Gasteiger partial charge >= 0.3 is 0 Å². The lowest BCUT2D eigenvalue weighted by molar-refractivity contribution is 0.528. The highest BCUT2D eigenvalue weighted by atomic mass is 14.5. The molecular weight excluding hydrogens is 144 g/mol. The molecule has 0 nitrogen and oxygen atoms in total. The molecule has 0 saturated heterocycles. The first-order valence-corrected chi connectivity index (χ1v) is 5.27. The second kappa shape index (κ2) is 2.61. The molecule has 2 rings (SSSR count). The first kappa shape index (κ1) is 8.34.